The largest absolute Gasteiger partial charge is 0.0628 e. The summed E-state index contributed by atoms with van der Waals surface area (Å²) in [5.41, 5.74) is 3.24. The number of aryl methyl sites for hydroxylation is 1. The van der Waals surface area contributed by atoms with Gasteiger partial charge >= 0.3 is 0 Å². The van der Waals surface area contributed by atoms with Gasteiger partial charge in [-0.15, -0.1) is 0 Å². The fraction of sp³-hybridized carbons (Fsp3) is 0.647. The van der Waals surface area contributed by atoms with E-state index in [1.807, 2.05) is 0 Å². The SMILES string of the molecule is CC(C)CCc1cccc(C(C)(C)C(C)C)c1. The van der Waals surface area contributed by atoms with Gasteiger partial charge in [0.25, 0.3) is 0 Å². The maximum atomic E-state index is 2.41. The summed E-state index contributed by atoms with van der Waals surface area (Å²) in [6.45, 7) is 13.9. The molecule has 0 bridgehead atoms. The van der Waals surface area contributed by atoms with Crippen LogP contribution < -0.4 is 0 Å². The van der Waals surface area contributed by atoms with Gasteiger partial charge in [-0.25, -0.2) is 0 Å². The third-order valence-corrected chi connectivity index (χ3v) is 4.12. The van der Waals surface area contributed by atoms with Gasteiger partial charge in [0.1, 0.15) is 0 Å². The normalized spacial score (nSPS) is 12.5. The van der Waals surface area contributed by atoms with E-state index < -0.39 is 0 Å². The first kappa shape index (κ1) is 14.3. The van der Waals surface area contributed by atoms with Crippen LogP contribution in [0.1, 0.15) is 59.1 Å². The van der Waals surface area contributed by atoms with E-state index in [9.17, 15) is 0 Å². The monoisotopic (exact) mass is 232 g/mol. The molecule has 0 aromatic heterocycles. The molecule has 17 heavy (non-hydrogen) atoms. The second-order valence-electron chi connectivity index (χ2n) is 6.51. The summed E-state index contributed by atoms with van der Waals surface area (Å²) in [5.74, 6) is 1.46. The van der Waals surface area contributed by atoms with Crippen LogP contribution in [-0.2, 0) is 11.8 Å². The Morgan fingerprint density at radius 1 is 1.06 bits per heavy atom. The van der Waals surface area contributed by atoms with E-state index in [0.29, 0.717) is 5.92 Å². The van der Waals surface area contributed by atoms with E-state index >= 15 is 0 Å². The zero-order valence-electron chi connectivity index (χ0n) is 12.4. The predicted octanol–water partition coefficient (Wildman–Crippen LogP) is 5.21. The smallest absolute Gasteiger partial charge is 0.00805 e. The van der Waals surface area contributed by atoms with Crippen molar-refractivity contribution in [2.75, 3.05) is 0 Å². The van der Waals surface area contributed by atoms with Crippen LogP contribution in [0.3, 0.4) is 0 Å². The maximum absolute atomic E-state index is 2.41. The molecule has 0 aliphatic heterocycles. The number of rotatable bonds is 5. The number of hydrogen-bond donors (Lipinski definition) is 0. The van der Waals surface area contributed by atoms with Crippen LogP contribution in [0.2, 0.25) is 0 Å². The Kier molecular flexibility index (Phi) is 4.80. The van der Waals surface area contributed by atoms with Gasteiger partial charge in [-0.1, -0.05) is 65.8 Å². The lowest BCUT2D eigenvalue weighted by atomic mass is 9.75. The summed E-state index contributed by atoms with van der Waals surface area (Å²) in [6, 6.07) is 9.17. The molecular formula is C17H28. The molecule has 0 atom stereocenters. The lowest BCUT2D eigenvalue weighted by Gasteiger charge is -2.30. The summed E-state index contributed by atoms with van der Waals surface area (Å²) < 4.78 is 0. The Labute approximate surface area is 107 Å². The molecule has 0 fully saturated rings. The molecule has 0 amide bonds. The first-order valence-corrected chi connectivity index (χ1v) is 6.93. The minimum absolute atomic E-state index is 0.272. The Morgan fingerprint density at radius 2 is 1.71 bits per heavy atom. The molecule has 0 nitrogen and oxygen atoms in total. The van der Waals surface area contributed by atoms with E-state index in [4.69, 9.17) is 0 Å². The van der Waals surface area contributed by atoms with Crippen molar-refractivity contribution < 1.29 is 0 Å². The van der Waals surface area contributed by atoms with Crippen molar-refractivity contribution in [3.63, 3.8) is 0 Å². The van der Waals surface area contributed by atoms with Crippen molar-refractivity contribution in [1.82, 2.24) is 0 Å². The molecule has 0 radical (unpaired) electrons. The van der Waals surface area contributed by atoms with E-state index in [-0.39, 0.29) is 5.41 Å². The lowest BCUT2D eigenvalue weighted by molar-refractivity contribution is 0.372. The van der Waals surface area contributed by atoms with Crippen LogP contribution in [0.25, 0.3) is 0 Å². The minimum atomic E-state index is 0.272. The van der Waals surface area contributed by atoms with Gasteiger partial charge in [-0.3, -0.25) is 0 Å². The molecule has 0 N–H and O–H groups in total. The van der Waals surface area contributed by atoms with Gasteiger partial charge < -0.3 is 0 Å². The Balaban J connectivity index is 2.86. The average Bonchev–Trinajstić information content (AvgIpc) is 2.26. The van der Waals surface area contributed by atoms with Crippen molar-refractivity contribution in [2.45, 2.75) is 59.8 Å². The zero-order valence-corrected chi connectivity index (χ0v) is 12.4. The summed E-state index contributed by atoms with van der Waals surface area (Å²) in [7, 11) is 0. The zero-order chi connectivity index (χ0) is 13.1. The molecule has 0 heterocycles. The van der Waals surface area contributed by atoms with E-state index in [2.05, 4.69) is 65.8 Å². The molecule has 0 spiro atoms. The molecule has 0 unspecified atom stereocenters. The van der Waals surface area contributed by atoms with Crippen LogP contribution >= 0.6 is 0 Å². The average molecular weight is 232 g/mol. The van der Waals surface area contributed by atoms with Crippen molar-refractivity contribution in [3.05, 3.63) is 35.4 Å². The summed E-state index contributed by atoms with van der Waals surface area (Å²) in [5, 5.41) is 0. The summed E-state index contributed by atoms with van der Waals surface area (Å²) in [6.07, 6.45) is 2.49. The third kappa shape index (κ3) is 3.87. The van der Waals surface area contributed by atoms with E-state index in [1.54, 1.807) is 0 Å². The highest BCUT2D eigenvalue weighted by atomic mass is 14.3. The standard InChI is InChI=1S/C17H28/c1-13(2)10-11-15-8-7-9-16(12-15)17(5,6)14(3)4/h7-9,12-14H,10-11H2,1-6H3. The molecule has 0 heteroatoms. The number of hydrogen-bond acceptors (Lipinski definition) is 0. The number of benzene rings is 1. The Bertz CT molecular complexity index is 345. The molecule has 1 aromatic carbocycles. The third-order valence-electron chi connectivity index (χ3n) is 4.12. The van der Waals surface area contributed by atoms with Crippen LogP contribution in [0.5, 0.6) is 0 Å². The topological polar surface area (TPSA) is 0 Å². The van der Waals surface area contributed by atoms with Crippen molar-refractivity contribution in [3.8, 4) is 0 Å². The molecule has 1 rings (SSSR count). The van der Waals surface area contributed by atoms with Gasteiger partial charge in [0.2, 0.25) is 0 Å². The molecule has 0 saturated carbocycles. The molecule has 1 aromatic rings. The lowest BCUT2D eigenvalue weighted by Crippen LogP contribution is -2.24. The molecule has 0 aliphatic rings. The second-order valence-corrected chi connectivity index (χ2v) is 6.51. The van der Waals surface area contributed by atoms with E-state index in [0.717, 1.165) is 5.92 Å². The van der Waals surface area contributed by atoms with Crippen LogP contribution in [0, 0.1) is 11.8 Å². The first-order chi connectivity index (χ1) is 7.84. The summed E-state index contributed by atoms with van der Waals surface area (Å²) in [4.78, 5) is 0. The van der Waals surface area contributed by atoms with Crippen LogP contribution in [0.4, 0.5) is 0 Å². The van der Waals surface area contributed by atoms with Gasteiger partial charge in [0.05, 0.1) is 0 Å². The van der Waals surface area contributed by atoms with Crippen molar-refractivity contribution >= 4 is 0 Å². The highest BCUT2D eigenvalue weighted by Crippen LogP contribution is 2.31. The Morgan fingerprint density at radius 3 is 2.24 bits per heavy atom. The highest BCUT2D eigenvalue weighted by Gasteiger charge is 2.24. The summed E-state index contributed by atoms with van der Waals surface area (Å²) >= 11 is 0. The Hall–Kier alpha value is -0.780. The second kappa shape index (κ2) is 5.71. The minimum Gasteiger partial charge on any atom is -0.0628 e. The van der Waals surface area contributed by atoms with Gasteiger partial charge in [0.15, 0.2) is 0 Å². The van der Waals surface area contributed by atoms with E-state index in [1.165, 1.54) is 24.0 Å². The van der Waals surface area contributed by atoms with Crippen molar-refractivity contribution in [1.29, 1.82) is 0 Å². The van der Waals surface area contributed by atoms with Gasteiger partial charge in [0, 0.05) is 0 Å². The van der Waals surface area contributed by atoms with Gasteiger partial charge in [-0.2, -0.15) is 0 Å². The fourth-order valence-corrected chi connectivity index (χ4v) is 1.92. The van der Waals surface area contributed by atoms with Gasteiger partial charge in [-0.05, 0) is 41.2 Å². The fourth-order valence-electron chi connectivity index (χ4n) is 1.92. The highest BCUT2D eigenvalue weighted by molar-refractivity contribution is 5.29. The van der Waals surface area contributed by atoms with Crippen LogP contribution in [0.15, 0.2) is 24.3 Å². The van der Waals surface area contributed by atoms with Crippen molar-refractivity contribution in [2.24, 2.45) is 11.8 Å². The first-order valence-electron chi connectivity index (χ1n) is 6.93. The maximum Gasteiger partial charge on any atom is -0.00805 e. The molecular weight excluding hydrogens is 204 g/mol. The molecule has 0 aliphatic carbocycles. The predicted molar refractivity (Wildman–Crippen MR) is 77.5 cm³/mol. The van der Waals surface area contributed by atoms with Crippen LogP contribution in [-0.4, -0.2) is 0 Å². The molecule has 0 saturated heterocycles. The quantitative estimate of drug-likeness (QED) is 0.654. The molecule has 96 valence electrons.